The van der Waals surface area contributed by atoms with Crippen LogP contribution >= 0.6 is 15.9 Å². The number of rotatable bonds is 8. The summed E-state index contributed by atoms with van der Waals surface area (Å²) < 4.78 is 1.04. The minimum atomic E-state index is -0.652. The van der Waals surface area contributed by atoms with E-state index in [2.05, 4.69) is 55.8 Å². The van der Waals surface area contributed by atoms with E-state index < -0.39 is 6.10 Å². The average molecular weight is 492 g/mol. The van der Waals surface area contributed by atoms with Crippen molar-refractivity contribution in [3.63, 3.8) is 0 Å². The third-order valence-corrected chi connectivity index (χ3v) is 5.98. The van der Waals surface area contributed by atoms with Crippen LogP contribution in [-0.2, 0) is 6.42 Å². The van der Waals surface area contributed by atoms with Crippen molar-refractivity contribution < 1.29 is 5.11 Å². The first-order valence-corrected chi connectivity index (χ1v) is 11.4. The third kappa shape index (κ3) is 5.46. The maximum atomic E-state index is 11.7. The molecule has 32 heavy (non-hydrogen) atoms. The molecule has 3 aromatic carbocycles. The van der Waals surface area contributed by atoms with E-state index in [1.807, 2.05) is 43.3 Å². The topological polar surface area (TPSA) is 77.2 Å². The molecular formula is C26H26BrN3O2. The number of aromatic amines is 1. The number of aromatic nitrogens is 1. The molecule has 0 fully saturated rings. The Bertz CT molecular complexity index is 1270. The molecule has 164 valence electrons. The fourth-order valence-electron chi connectivity index (χ4n) is 3.77. The van der Waals surface area contributed by atoms with Gasteiger partial charge in [-0.1, -0.05) is 46.3 Å². The van der Waals surface area contributed by atoms with Crippen LogP contribution in [0.15, 0.2) is 82.1 Å². The van der Waals surface area contributed by atoms with Crippen LogP contribution in [0.1, 0.15) is 22.8 Å². The smallest absolute Gasteiger partial charge is 0.248 e. The standard InChI is InChI=1S/C26H26BrN3O2/c1-17-5-10-22(23-11-12-25(32)30-26(17)23)24(31)16-28-14-13-18-6-8-20(9-7-18)29-21-4-2-3-19(27)15-21/h2-12,15,24,28-29,31H,13-14,16H2,1H3,(H,30,32). The van der Waals surface area contributed by atoms with Gasteiger partial charge in [-0.25, -0.2) is 0 Å². The second-order valence-electron chi connectivity index (χ2n) is 7.89. The molecule has 1 heterocycles. The van der Waals surface area contributed by atoms with E-state index in [1.165, 1.54) is 11.6 Å². The molecule has 4 rings (SSSR count). The Kier molecular flexibility index (Phi) is 7.05. The van der Waals surface area contributed by atoms with E-state index in [0.717, 1.165) is 50.8 Å². The van der Waals surface area contributed by atoms with Gasteiger partial charge in [0, 0.05) is 33.8 Å². The molecule has 0 aliphatic carbocycles. The first kappa shape index (κ1) is 22.3. The normalized spacial score (nSPS) is 12.1. The lowest BCUT2D eigenvalue weighted by Crippen LogP contribution is -2.24. The van der Waals surface area contributed by atoms with Crippen LogP contribution in [0.4, 0.5) is 11.4 Å². The lowest BCUT2D eigenvalue weighted by atomic mass is 10.0. The molecule has 0 saturated heterocycles. The second-order valence-corrected chi connectivity index (χ2v) is 8.80. The molecule has 0 spiro atoms. The van der Waals surface area contributed by atoms with Gasteiger partial charge in [-0.3, -0.25) is 4.79 Å². The fraction of sp³-hybridized carbons (Fsp3) is 0.192. The van der Waals surface area contributed by atoms with Gasteiger partial charge in [0.05, 0.1) is 11.6 Å². The number of aliphatic hydroxyl groups excluding tert-OH is 1. The fourth-order valence-corrected chi connectivity index (χ4v) is 4.17. The summed E-state index contributed by atoms with van der Waals surface area (Å²) in [7, 11) is 0. The highest BCUT2D eigenvalue weighted by Crippen LogP contribution is 2.25. The summed E-state index contributed by atoms with van der Waals surface area (Å²) in [6.45, 7) is 3.15. The number of fused-ring (bicyclic) bond motifs is 1. The molecule has 5 nitrogen and oxygen atoms in total. The van der Waals surface area contributed by atoms with Crippen molar-refractivity contribution in [2.75, 3.05) is 18.4 Å². The third-order valence-electron chi connectivity index (χ3n) is 5.49. The highest BCUT2D eigenvalue weighted by molar-refractivity contribution is 9.10. The van der Waals surface area contributed by atoms with Gasteiger partial charge in [-0.15, -0.1) is 0 Å². The van der Waals surface area contributed by atoms with Gasteiger partial charge in [0.25, 0.3) is 0 Å². The molecule has 0 radical (unpaired) electrons. The summed E-state index contributed by atoms with van der Waals surface area (Å²) in [6, 6.07) is 23.6. The summed E-state index contributed by atoms with van der Waals surface area (Å²) in [5.74, 6) is 0. The van der Waals surface area contributed by atoms with Crippen LogP contribution in [0, 0.1) is 6.92 Å². The van der Waals surface area contributed by atoms with Crippen molar-refractivity contribution in [1.29, 1.82) is 0 Å². The van der Waals surface area contributed by atoms with Gasteiger partial charge >= 0.3 is 0 Å². The molecule has 4 aromatic rings. The number of H-pyrrole nitrogens is 1. The van der Waals surface area contributed by atoms with Crippen molar-refractivity contribution in [1.82, 2.24) is 10.3 Å². The maximum Gasteiger partial charge on any atom is 0.248 e. The Morgan fingerprint density at radius 1 is 1.00 bits per heavy atom. The zero-order chi connectivity index (χ0) is 22.5. The molecule has 0 saturated carbocycles. The lowest BCUT2D eigenvalue weighted by molar-refractivity contribution is 0.176. The van der Waals surface area contributed by atoms with E-state index >= 15 is 0 Å². The Hall–Kier alpha value is -2.93. The number of halogens is 1. The Balaban J connectivity index is 1.30. The number of hydrogen-bond acceptors (Lipinski definition) is 4. The number of pyridine rings is 1. The molecule has 1 unspecified atom stereocenters. The molecule has 4 N–H and O–H groups in total. The first-order valence-electron chi connectivity index (χ1n) is 10.6. The predicted molar refractivity (Wildman–Crippen MR) is 135 cm³/mol. The van der Waals surface area contributed by atoms with Crippen molar-refractivity contribution in [2.45, 2.75) is 19.4 Å². The molecule has 0 amide bonds. The highest BCUT2D eigenvalue weighted by atomic mass is 79.9. The summed E-state index contributed by atoms with van der Waals surface area (Å²) in [6.07, 6.45) is 0.215. The van der Waals surface area contributed by atoms with Crippen molar-refractivity contribution >= 4 is 38.2 Å². The predicted octanol–water partition coefficient (Wildman–Crippen LogP) is 5.21. The monoisotopic (exact) mass is 491 g/mol. The van der Waals surface area contributed by atoms with Gasteiger partial charge in [0.1, 0.15) is 0 Å². The SMILES string of the molecule is Cc1ccc(C(O)CNCCc2ccc(Nc3cccc(Br)c3)cc2)c2ccc(=O)[nH]c12. The van der Waals surface area contributed by atoms with Crippen LogP contribution in [0.5, 0.6) is 0 Å². The van der Waals surface area contributed by atoms with Gasteiger partial charge in [0.2, 0.25) is 5.56 Å². The Labute approximate surface area is 195 Å². The minimum absolute atomic E-state index is 0.136. The number of aliphatic hydroxyl groups is 1. The van der Waals surface area contributed by atoms with Crippen LogP contribution in [0.25, 0.3) is 10.9 Å². The van der Waals surface area contributed by atoms with Crippen LogP contribution < -0.4 is 16.2 Å². The largest absolute Gasteiger partial charge is 0.387 e. The zero-order valence-corrected chi connectivity index (χ0v) is 19.4. The van der Waals surface area contributed by atoms with E-state index in [4.69, 9.17) is 0 Å². The van der Waals surface area contributed by atoms with Crippen molar-refractivity contribution in [2.24, 2.45) is 0 Å². The minimum Gasteiger partial charge on any atom is -0.387 e. The Morgan fingerprint density at radius 3 is 2.59 bits per heavy atom. The van der Waals surface area contributed by atoms with E-state index in [9.17, 15) is 9.90 Å². The van der Waals surface area contributed by atoms with Crippen LogP contribution in [-0.4, -0.2) is 23.2 Å². The number of nitrogens with one attached hydrogen (secondary N) is 3. The average Bonchev–Trinajstić information content (AvgIpc) is 2.78. The number of benzene rings is 3. The van der Waals surface area contributed by atoms with Crippen LogP contribution in [0.2, 0.25) is 0 Å². The molecule has 1 atom stereocenters. The molecule has 6 heteroatoms. The van der Waals surface area contributed by atoms with Crippen molar-refractivity contribution in [3.05, 3.63) is 104 Å². The molecule has 0 bridgehead atoms. The molecule has 0 aliphatic rings. The Morgan fingerprint density at radius 2 is 1.81 bits per heavy atom. The summed E-state index contributed by atoms with van der Waals surface area (Å²) in [5.41, 5.74) is 5.76. The number of hydrogen-bond donors (Lipinski definition) is 4. The van der Waals surface area contributed by atoms with Crippen LogP contribution in [0.3, 0.4) is 0 Å². The summed E-state index contributed by atoms with van der Waals surface area (Å²) in [5, 5.41) is 18.3. The van der Waals surface area contributed by atoms with E-state index in [1.54, 1.807) is 6.07 Å². The van der Waals surface area contributed by atoms with Gasteiger partial charge in [0.15, 0.2) is 0 Å². The van der Waals surface area contributed by atoms with Gasteiger partial charge in [-0.05, 0) is 73.0 Å². The van der Waals surface area contributed by atoms with Gasteiger partial charge < -0.3 is 20.7 Å². The number of anilines is 2. The lowest BCUT2D eigenvalue weighted by Gasteiger charge is -2.16. The molecular weight excluding hydrogens is 466 g/mol. The first-order chi connectivity index (χ1) is 15.5. The van der Waals surface area contributed by atoms with Gasteiger partial charge in [-0.2, -0.15) is 0 Å². The quantitative estimate of drug-likeness (QED) is 0.255. The van der Waals surface area contributed by atoms with Crippen molar-refractivity contribution in [3.8, 4) is 0 Å². The van der Waals surface area contributed by atoms with E-state index in [-0.39, 0.29) is 5.56 Å². The summed E-state index contributed by atoms with van der Waals surface area (Å²) in [4.78, 5) is 14.5. The number of aryl methyl sites for hydroxylation is 1. The summed E-state index contributed by atoms with van der Waals surface area (Å²) >= 11 is 3.49. The molecule has 0 aliphatic heterocycles. The maximum absolute atomic E-state index is 11.7. The zero-order valence-electron chi connectivity index (χ0n) is 17.9. The second kappa shape index (κ2) is 10.1. The molecule has 1 aromatic heterocycles. The van der Waals surface area contributed by atoms with E-state index in [0.29, 0.717) is 6.54 Å². The highest BCUT2D eigenvalue weighted by Gasteiger charge is 2.12.